The van der Waals surface area contributed by atoms with E-state index >= 15 is 0 Å². The smallest absolute Gasteiger partial charge is 0.263 e. The molecule has 4 rings (SSSR count). The number of hydrogen-bond donors (Lipinski definition) is 1. The lowest BCUT2D eigenvalue weighted by Gasteiger charge is -2.30. The Labute approximate surface area is 180 Å². The summed E-state index contributed by atoms with van der Waals surface area (Å²) < 4.78 is 22.9. The number of nitrogens with one attached hydrogen (secondary N) is 1. The van der Waals surface area contributed by atoms with Crippen LogP contribution in [0.25, 0.3) is 10.9 Å². The molecule has 1 aromatic heterocycles. The van der Waals surface area contributed by atoms with Crippen molar-refractivity contribution in [3.8, 4) is 0 Å². The molecule has 164 valence electrons. The van der Waals surface area contributed by atoms with Crippen molar-refractivity contribution >= 4 is 27.8 Å². The summed E-state index contributed by atoms with van der Waals surface area (Å²) in [6.07, 6.45) is 2.04. The summed E-state index contributed by atoms with van der Waals surface area (Å²) in [4.78, 5) is 20.8. The lowest BCUT2D eigenvalue weighted by atomic mass is 10.0. The van der Waals surface area contributed by atoms with Crippen molar-refractivity contribution < 1.29 is 8.95 Å². The molecule has 0 spiro atoms. The highest BCUT2D eigenvalue weighted by molar-refractivity contribution is 7.84. The van der Waals surface area contributed by atoms with Crippen LogP contribution in [0.1, 0.15) is 63.7 Å². The maximum Gasteiger partial charge on any atom is 0.263 e. The predicted octanol–water partition coefficient (Wildman–Crippen LogP) is 2.99. The van der Waals surface area contributed by atoms with E-state index in [1.807, 2.05) is 45.3 Å². The molecule has 8 heteroatoms. The molecule has 2 heterocycles. The zero-order chi connectivity index (χ0) is 21.6. The van der Waals surface area contributed by atoms with Crippen LogP contribution < -0.4 is 15.2 Å². The van der Waals surface area contributed by atoms with Gasteiger partial charge in [-0.2, -0.15) is 0 Å². The number of rotatable bonds is 5. The monoisotopic (exact) mass is 432 g/mol. The lowest BCUT2D eigenvalue weighted by molar-refractivity contribution is 0.121. The van der Waals surface area contributed by atoms with Gasteiger partial charge in [0.05, 0.1) is 39.8 Å². The van der Waals surface area contributed by atoms with Gasteiger partial charge in [-0.25, -0.2) is 13.9 Å². The van der Waals surface area contributed by atoms with E-state index in [1.165, 1.54) is 0 Å². The quantitative estimate of drug-likeness (QED) is 0.786. The van der Waals surface area contributed by atoms with Crippen molar-refractivity contribution in [2.45, 2.75) is 64.3 Å². The minimum absolute atomic E-state index is 0.0260. The molecule has 0 bridgehead atoms. The Hall–Kier alpha value is -1.77. The number of aromatic nitrogens is 2. The standard InChI is InChI=1S/C22H32N4O3S/c1-14-12-17(15(2)24-30(28)22(3,4)5)19-18(13-14)20(27)26(16-6-7-16)21(23-19)25-8-10-29-11-9-25/h12-13,15-16,24H,6-11H2,1-5H3/t15-,30-/m1/s1. The van der Waals surface area contributed by atoms with Gasteiger partial charge in [-0.05, 0) is 64.7 Å². The summed E-state index contributed by atoms with van der Waals surface area (Å²) in [6, 6.07) is 4.02. The van der Waals surface area contributed by atoms with Gasteiger partial charge in [0, 0.05) is 25.2 Å². The highest BCUT2D eigenvalue weighted by Gasteiger charge is 2.32. The largest absolute Gasteiger partial charge is 0.378 e. The van der Waals surface area contributed by atoms with Gasteiger partial charge in [0.15, 0.2) is 0 Å². The molecule has 1 saturated carbocycles. The second-order valence-corrected chi connectivity index (χ2v) is 11.4. The molecule has 0 radical (unpaired) electrons. The van der Waals surface area contributed by atoms with E-state index in [0.717, 1.165) is 43.0 Å². The van der Waals surface area contributed by atoms with Crippen LogP contribution in [0.3, 0.4) is 0 Å². The summed E-state index contributed by atoms with van der Waals surface area (Å²) in [7, 11) is -1.22. The number of morpholine rings is 1. The number of hydrogen-bond acceptors (Lipinski definition) is 5. The first-order chi connectivity index (χ1) is 14.2. The van der Waals surface area contributed by atoms with Crippen LogP contribution in [0.15, 0.2) is 16.9 Å². The number of fused-ring (bicyclic) bond motifs is 1. The first kappa shape index (κ1) is 21.5. The van der Waals surface area contributed by atoms with E-state index in [9.17, 15) is 9.00 Å². The van der Waals surface area contributed by atoms with E-state index in [1.54, 1.807) is 0 Å². The number of ether oxygens (including phenoxy) is 1. The van der Waals surface area contributed by atoms with Gasteiger partial charge in [0.25, 0.3) is 5.56 Å². The van der Waals surface area contributed by atoms with Crippen molar-refractivity contribution in [2.75, 3.05) is 31.2 Å². The Morgan fingerprint density at radius 2 is 1.90 bits per heavy atom. The minimum Gasteiger partial charge on any atom is -0.378 e. The van der Waals surface area contributed by atoms with E-state index in [0.29, 0.717) is 24.1 Å². The number of aryl methyl sites for hydroxylation is 1. The third-order valence-corrected chi connectivity index (χ3v) is 7.35. The van der Waals surface area contributed by atoms with Crippen molar-refractivity contribution in [1.82, 2.24) is 14.3 Å². The molecule has 2 aromatic rings. The van der Waals surface area contributed by atoms with Gasteiger partial charge in [0.1, 0.15) is 0 Å². The average molecular weight is 433 g/mol. The number of anilines is 1. The van der Waals surface area contributed by atoms with E-state index in [2.05, 4.69) is 15.7 Å². The molecule has 30 heavy (non-hydrogen) atoms. The summed E-state index contributed by atoms with van der Waals surface area (Å²) >= 11 is 0. The molecule has 2 fully saturated rings. The first-order valence-electron chi connectivity index (χ1n) is 10.7. The zero-order valence-electron chi connectivity index (χ0n) is 18.5. The molecule has 2 aliphatic rings. The number of nitrogens with zero attached hydrogens (tertiary/aromatic N) is 3. The first-order valence-corrected chi connectivity index (χ1v) is 11.9. The minimum atomic E-state index is -1.22. The van der Waals surface area contributed by atoms with Crippen LogP contribution in [0.2, 0.25) is 0 Å². The fourth-order valence-corrected chi connectivity index (χ4v) is 4.65. The molecule has 1 aliphatic heterocycles. The van der Waals surface area contributed by atoms with Crippen molar-refractivity contribution in [1.29, 1.82) is 0 Å². The average Bonchev–Trinajstić information content (AvgIpc) is 3.52. The zero-order valence-corrected chi connectivity index (χ0v) is 19.3. The van der Waals surface area contributed by atoms with Crippen molar-refractivity contribution in [3.63, 3.8) is 0 Å². The molecule has 1 saturated heterocycles. The van der Waals surface area contributed by atoms with Crippen LogP contribution in [-0.2, 0) is 15.7 Å². The predicted molar refractivity (Wildman–Crippen MR) is 121 cm³/mol. The summed E-state index contributed by atoms with van der Waals surface area (Å²) in [6.45, 7) is 12.6. The SMILES string of the molecule is Cc1cc([C@@H](C)N[S@](=O)C(C)(C)C)c2nc(N3CCOCC3)n(C3CC3)c(=O)c2c1. The Balaban J connectivity index is 1.86. The highest BCUT2D eigenvalue weighted by Crippen LogP contribution is 2.37. The van der Waals surface area contributed by atoms with Gasteiger partial charge in [-0.1, -0.05) is 6.07 Å². The number of benzene rings is 1. The van der Waals surface area contributed by atoms with Crippen molar-refractivity contribution in [3.05, 3.63) is 33.6 Å². The normalized spacial score (nSPS) is 19.8. The third kappa shape index (κ3) is 4.18. The molecular formula is C22H32N4O3S. The molecule has 7 nitrogen and oxygen atoms in total. The van der Waals surface area contributed by atoms with Crippen LogP contribution in [0, 0.1) is 6.92 Å². The summed E-state index contributed by atoms with van der Waals surface area (Å²) in [5, 5.41) is 0.643. The Morgan fingerprint density at radius 3 is 2.50 bits per heavy atom. The third-order valence-electron chi connectivity index (χ3n) is 5.67. The molecule has 0 unspecified atom stereocenters. The molecule has 1 aliphatic carbocycles. The molecule has 1 N–H and O–H groups in total. The topological polar surface area (TPSA) is 76.5 Å². The maximum atomic E-state index is 13.6. The fourth-order valence-electron chi connectivity index (χ4n) is 3.85. The summed E-state index contributed by atoms with van der Waals surface area (Å²) in [5.74, 6) is 0.743. The van der Waals surface area contributed by atoms with Gasteiger partial charge in [-0.3, -0.25) is 9.36 Å². The van der Waals surface area contributed by atoms with Crippen LogP contribution >= 0.6 is 0 Å². The lowest BCUT2D eigenvalue weighted by Crippen LogP contribution is -2.41. The molecular weight excluding hydrogens is 400 g/mol. The molecule has 0 amide bonds. The van der Waals surface area contributed by atoms with E-state index in [-0.39, 0.29) is 22.4 Å². The second-order valence-electron chi connectivity index (χ2n) is 9.39. The van der Waals surface area contributed by atoms with Gasteiger partial charge in [-0.15, -0.1) is 0 Å². The molecule has 2 atom stereocenters. The van der Waals surface area contributed by atoms with Crippen LogP contribution in [0.4, 0.5) is 5.95 Å². The maximum absolute atomic E-state index is 13.6. The van der Waals surface area contributed by atoms with Crippen molar-refractivity contribution in [2.24, 2.45) is 0 Å². The molecule has 1 aromatic carbocycles. The highest BCUT2D eigenvalue weighted by atomic mass is 32.2. The Morgan fingerprint density at radius 1 is 1.23 bits per heavy atom. The van der Waals surface area contributed by atoms with Crippen LogP contribution in [0.5, 0.6) is 0 Å². The van der Waals surface area contributed by atoms with Gasteiger partial charge < -0.3 is 9.64 Å². The van der Waals surface area contributed by atoms with Gasteiger partial charge >= 0.3 is 0 Å². The summed E-state index contributed by atoms with van der Waals surface area (Å²) in [5.41, 5.74) is 2.65. The van der Waals surface area contributed by atoms with E-state index in [4.69, 9.17) is 9.72 Å². The Bertz CT molecular complexity index is 1030. The second kappa shape index (κ2) is 8.05. The van der Waals surface area contributed by atoms with Crippen LogP contribution in [-0.4, -0.2) is 44.8 Å². The fraction of sp³-hybridized carbons (Fsp3) is 0.636. The van der Waals surface area contributed by atoms with E-state index < -0.39 is 11.0 Å². The Kier molecular flexibility index (Phi) is 5.76. The van der Waals surface area contributed by atoms with Gasteiger partial charge in [0.2, 0.25) is 5.95 Å².